The van der Waals surface area contributed by atoms with E-state index >= 15 is 0 Å². The van der Waals surface area contributed by atoms with Gasteiger partial charge in [-0.1, -0.05) is 30.3 Å². The van der Waals surface area contributed by atoms with Crippen LogP contribution < -0.4 is 15.0 Å². The number of carbonyl (C=O) groups excluding carboxylic acids is 2. The van der Waals surface area contributed by atoms with Crippen molar-refractivity contribution in [2.75, 3.05) is 16.8 Å². The van der Waals surface area contributed by atoms with Gasteiger partial charge in [0, 0.05) is 22.4 Å². The summed E-state index contributed by atoms with van der Waals surface area (Å²) in [6.45, 7) is 1.88. The van der Waals surface area contributed by atoms with E-state index in [1.54, 1.807) is 48.5 Å². The van der Waals surface area contributed by atoms with Crippen LogP contribution >= 0.6 is 0 Å². The summed E-state index contributed by atoms with van der Waals surface area (Å²) in [5, 5.41) is 14.8. The first-order chi connectivity index (χ1) is 14.0. The highest BCUT2D eigenvalue weighted by atomic mass is 16.5. The number of anilines is 2. The summed E-state index contributed by atoms with van der Waals surface area (Å²) in [6, 6.07) is 19.5. The zero-order valence-electron chi connectivity index (χ0n) is 15.7. The largest absolute Gasteiger partial charge is 0.482 e. The van der Waals surface area contributed by atoms with Crippen molar-refractivity contribution in [1.82, 2.24) is 0 Å². The molecule has 1 atom stereocenters. The standard InChI is InChI=1S/C23H18N2O4/c1-14-5-4-6-16(11-14)25-22(27)17-7-2-3-8-18(17)23(25,28)15-9-10-20-19(12-15)24-21(26)13-29-20/h2-12,28H,13H2,1H3,(H,24,26). The van der Waals surface area contributed by atoms with Crippen molar-refractivity contribution in [3.63, 3.8) is 0 Å². The molecular formula is C23H18N2O4. The Labute approximate surface area is 167 Å². The molecular weight excluding hydrogens is 368 g/mol. The number of nitrogens with zero attached hydrogens (tertiary/aromatic N) is 1. The van der Waals surface area contributed by atoms with Crippen molar-refractivity contribution in [2.45, 2.75) is 12.6 Å². The van der Waals surface area contributed by atoms with Gasteiger partial charge in [0.15, 0.2) is 12.3 Å². The minimum Gasteiger partial charge on any atom is -0.482 e. The number of hydrogen-bond donors (Lipinski definition) is 2. The van der Waals surface area contributed by atoms with E-state index in [9.17, 15) is 14.7 Å². The van der Waals surface area contributed by atoms with Gasteiger partial charge >= 0.3 is 0 Å². The molecule has 29 heavy (non-hydrogen) atoms. The highest BCUT2D eigenvalue weighted by Gasteiger charge is 2.50. The van der Waals surface area contributed by atoms with Crippen molar-refractivity contribution < 1.29 is 19.4 Å². The number of carbonyl (C=O) groups is 2. The lowest BCUT2D eigenvalue weighted by atomic mass is 9.92. The Morgan fingerprint density at radius 1 is 1.03 bits per heavy atom. The molecule has 2 heterocycles. The van der Waals surface area contributed by atoms with Crippen LogP contribution in [0.2, 0.25) is 0 Å². The normalized spacial score (nSPS) is 20.0. The predicted molar refractivity (Wildman–Crippen MR) is 108 cm³/mol. The molecule has 2 N–H and O–H groups in total. The fourth-order valence-electron chi connectivity index (χ4n) is 4.02. The average Bonchev–Trinajstić information content (AvgIpc) is 2.96. The molecule has 3 aromatic carbocycles. The molecule has 2 aliphatic rings. The molecule has 0 spiro atoms. The highest BCUT2D eigenvalue weighted by molar-refractivity contribution is 6.12. The summed E-state index contributed by atoms with van der Waals surface area (Å²) < 4.78 is 5.43. The molecule has 0 saturated heterocycles. The summed E-state index contributed by atoms with van der Waals surface area (Å²) in [4.78, 5) is 26.5. The van der Waals surface area contributed by atoms with Gasteiger partial charge in [-0.3, -0.25) is 14.5 Å². The van der Waals surface area contributed by atoms with Gasteiger partial charge in [-0.05, 0) is 48.9 Å². The topological polar surface area (TPSA) is 78.9 Å². The van der Waals surface area contributed by atoms with Crippen LogP contribution in [0.5, 0.6) is 5.75 Å². The van der Waals surface area contributed by atoms with Gasteiger partial charge in [0.2, 0.25) is 0 Å². The number of amides is 2. The van der Waals surface area contributed by atoms with E-state index in [1.807, 2.05) is 25.1 Å². The maximum Gasteiger partial charge on any atom is 0.262 e. The summed E-state index contributed by atoms with van der Waals surface area (Å²) in [5.41, 5.74) is 1.70. The van der Waals surface area contributed by atoms with Crippen LogP contribution in [0.3, 0.4) is 0 Å². The first-order valence-electron chi connectivity index (χ1n) is 9.29. The van der Waals surface area contributed by atoms with Crippen molar-refractivity contribution in [3.8, 4) is 5.75 Å². The van der Waals surface area contributed by atoms with Gasteiger partial charge in [0.05, 0.1) is 5.69 Å². The lowest BCUT2D eigenvalue weighted by Crippen LogP contribution is -2.45. The number of ether oxygens (including phenoxy) is 1. The van der Waals surface area contributed by atoms with Crippen LogP contribution in [0.4, 0.5) is 11.4 Å². The maximum atomic E-state index is 13.3. The van der Waals surface area contributed by atoms with Gasteiger partial charge in [-0.2, -0.15) is 0 Å². The number of fused-ring (bicyclic) bond motifs is 2. The lowest BCUT2D eigenvalue weighted by Gasteiger charge is -2.35. The Bertz CT molecular complexity index is 1170. The third-order valence-corrected chi connectivity index (χ3v) is 5.33. The summed E-state index contributed by atoms with van der Waals surface area (Å²) in [6.07, 6.45) is 0. The minimum absolute atomic E-state index is 0.0483. The van der Waals surface area contributed by atoms with E-state index in [0.29, 0.717) is 33.8 Å². The smallest absolute Gasteiger partial charge is 0.262 e. The zero-order valence-corrected chi connectivity index (χ0v) is 15.7. The van der Waals surface area contributed by atoms with Crippen molar-refractivity contribution in [3.05, 3.63) is 89.0 Å². The Balaban J connectivity index is 1.74. The van der Waals surface area contributed by atoms with Crippen molar-refractivity contribution in [1.29, 1.82) is 0 Å². The number of aliphatic hydroxyl groups is 1. The molecule has 2 aliphatic heterocycles. The van der Waals surface area contributed by atoms with Gasteiger partial charge < -0.3 is 15.2 Å². The van der Waals surface area contributed by atoms with Crippen molar-refractivity contribution in [2.24, 2.45) is 0 Å². The molecule has 0 fully saturated rings. The number of hydrogen-bond acceptors (Lipinski definition) is 4. The summed E-state index contributed by atoms with van der Waals surface area (Å²) in [7, 11) is 0. The van der Waals surface area contributed by atoms with Crippen LogP contribution in [-0.4, -0.2) is 23.5 Å². The van der Waals surface area contributed by atoms with Gasteiger partial charge in [0.25, 0.3) is 11.8 Å². The molecule has 6 heteroatoms. The molecule has 0 saturated carbocycles. The first-order valence-corrected chi connectivity index (χ1v) is 9.29. The molecule has 0 aromatic heterocycles. The first kappa shape index (κ1) is 17.5. The fraction of sp³-hybridized carbons (Fsp3) is 0.130. The van der Waals surface area contributed by atoms with E-state index in [4.69, 9.17) is 4.74 Å². The van der Waals surface area contributed by atoms with Gasteiger partial charge in [-0.15, -0.1) is 0 Å². The van der Waals surface area contributed by atoms with Gasteiger partial charge in [0.1, 0.15) is 5.75 Å². The molecule has 2 amide bonds. The van der Waals surface area contributed by atoms with E-state index in [2.05, 4.69) is 5.32 Å². The SMILES string of the molecule is Cc1cccc(N2C(=O)c3ccccc3C2(O)c2ccc3c(c2)NC(=O)CO3)c1. The van der Waals surface area contributed by atoms with E-state index < -0.39 is 5.72 Å². The van der Waals surface area contributed by atoms with E-state index in [1.165, 1.54) is 4.90 Å². The minimum atomic E-state index is -1.72. The van der Waals surface area contributed by atoms with Crippen LogP contribution in [-0.2, 0) is 10.5 Å². The molecule has 6 nitrogen and oxygen atoms in total. The second-order valence-corrected chi connectivity index (χ2v) is 7.25. The number of nitrogens with one attached hydrogen (secondary N) is 1. The average molecular weight is 386 g/mol. The second kappa shape index (κ2) is 6.18. The van der Waals surface area contributed by atoms with Crippen LogP contribution in [0.15, 0.2) is 66.7 Å². The number of benzene rings is 3. The number of aryl methyl sites for hydroxylation is 1. The van der Waals surface area contributed by atoms with Crippen molar-refractivity contribution >= 4 is 23.2 Å². The molecule has 3 aromatic rings. The summed E-state index contributed by atoms with van der Waals surface area (Å²) in [5.74, 6) is -0.0246. The Kier molecular flexibility index (Phi) is 3.72. The second-order valence-electron chi connectivity index (χ2n) is 7.25. The number of rotatable bonds is 2. The van der Waals surface area contributed by atoms with Crippen LogP contribution in [0, 0.1) is 6.92 Å². The van der Waals surface area contributed by atoms with E-state index in [-0.39, 0.29) is 18.4 Å². The molecule has 0 aliphatic carbocycles. The monoisotopic (exact) mass is 386 g/mol. The quantitative estimate of drug-likeness (QED) is 0.709. The predicted octanol–water partition coefficient (Wildman–Crippen LogP) is 3.18. The molecule has 1 unspecified atom stereocenters. The zero-order chi connectivity index (χ0) is 20.2. The van der Waals surface area contributed by atoms with Gasteiger partial charge in [-0.25, -0.2) is 0 Å². The lowest BCUT2D eigenvalue weighted by molar-refractivity contribution is -0.118. The maximum absolute atomic E-state index is 13.3. The third kappa shape index (κ3) is 2.53. The van der Waals surface area contributed by atoms with Crippen LogP contribution in [0.25, 0.3) is 0 Å². The summed E-state index contributed by atoms with van der Waals surface area (Å²) >= 11 is 0. The fourth-order valence-corrected chi connectivity index (χ4v) is 4.02. The Morgan fingerprint density at radius 3 is 2.69 bits per heavy atom. The Morgan fingerprint density at radius 2 is 1.86 bits per heavy atom. The highest BCUT2D eigenvalue weighted by Crippen LogP contribution is 2.46. The molecule has 144 valence electrons. The molecule has 0 radical (unpaired) electrons. The molecule has 0 bridgehead atoms. The Hall–Kier alpha value is -3.64. The van der Waals surface area contributed by atoms with Crippen LogP contribution in [0.1, 0.15) is 27.0 Å². The molecule has 5 rings (SSSR count). The van der Waals surface area contributed by atoms with E-state index in [0.717, 1.165) is 5.56 Å². The third-order valence-electron chi connectivity index (χ3n) is 5.33.